The Morgan fingerprint density at radius 1 is 1.17 bits per heavy atom. The van der Waals surface area contributed by atoms with Crippen molar-refractivity contribution in [1.29, 1.82) is 0 Å². The van der Waals surface area contributed by atoms with Crippen LogP contribution in [-0.4, -0.2) is 41.9 Å². The highest BCUT2D eigenvalue weighted by atomic mass is 32.2. The minimum Gasteiger partial charge on any atom is -0.296 e. The SMILES string of the molecule is CC1(C)CN(Cc2ccc(-c3ccncc3)cc2F)CCS1(=O)=O. The lowest BCUT2D eigenvalue weighted by Crippen LogP contribution is -2.52. The summed E-state index contributed by atoms with van der Waals surface area (Å²) in [6.45, 7) is 4.74. The summed E-state index contributed by atoms with van der Waals surface area (Å²) in [6, 6.07) is 8.87. The molecule has 0 aliphatic carbocycles. The third kappa shape index (κ3) is 3.35. The van der Waals surface area contributed by atoms with Crippen molar-refractivity contribution in [2.24, 2.45) is 0 Å². The summed E-state index contributed by atoms with van der Waals surface area (Å²) in [5.41, 5.74) is 2.31. The van der Waals surface area contributed by atoms with Gasteiger partial charge in [0.05, 0.1) is 10.5 Å². The summed E-state index contributed by atoms with van der Waals surface area (Å²) in [5, 5.41) is 0. The van der Waals surface area contributed by atoms with Crippen molar-refractivity contribution >= 4 is 9.84 Å². The largest absolute Gasteiger partial charge is 0.296 e. The van der Waals surface area contributed by atoms with Crippen molar-refractivity contribution in [3.05, 3.63) is 54.1 Å². The molecule has 3 rings (SSSR count). The van der Waals surface area contributed by atoms with E-state index in [-0.39, 0.29) is 11.6 Å². The van der Waals surface area contributed by atoms with E-state index in [4.69, 9.17) is 0 Å². The molecular weight excluding hydrogens is 327 g/mol. The van der Waals surface area contributed by atoms with Crippen molar-refractivity contribution < 1.29 is 12.8 Å². The molecular formula is C18H21FN2O2S. The van der Waals surface area contributed by atoms with Gasteiger partial charge in [0.25, 0.3) is 0 Å². The first-order valence-electron chi connectivity index (χ1n) is 7.92. The van der Waals surface area contributed by atoms with E-state index < -0.39 is 14.6 Å². The number of benzene rings is 1. The Labute approximate surface area is 142 Å². The van der Waals surface area contributed by atoms with Gasteiger partial charge in [-0.15, -0.1) is 0 Å². The summed E-state index contributed by atoms with van der Waals surface area (Å²) in [5.74, 6) is -0.146. The van der Waals surface area contributed by atoms with Gasteiger partial charge in [0, 0.05) is 37.6 Å². The van der Waals surface area contributed by atoms with E-state index in [1.54, 1.807) is 32.3 Å². The molecule has 1 aromatic heterocycles. The maximum atomic E-state index is 14.5. The molecule has 6 heteroatoms. The molecule has 0 amide bonds. The van der Waals surface area contributed by atoms with Crippen molar-refractivity contribution in [3.63, 3.8) is 0 Å². The van der Waals surface area contributed by atoms with E-state index >= 15 is 0 Å². The van der Waals surface area contributed by atoms with Gasteiger partial charge in [0.2, 0.25) is 0 Å². The van der Waals surface area contributed by atoms with Crippen LogP contribution in [0.4, 0.5) is 4.39 Å². The molecule has 0 unspecified atom stereocenters. The number of nitrogens with zero attached hydrogens (tertiary/aromatic N) is 2. The lowest BCUT2D eigenvalue weighted by Gasteiger charge is -2.37. The topological polar surface area (TPSA) is 50.3 Å². The van der Waals surface area contributed by atoms with Crippen LogP contribution in [0, 0.1) is 5.82 Å². The molecule has 128 valence electrons. The molecule has 0 spiro atoms. The van der Waals surface area contributed by atoms with Gasteiger partial charge in [-0.1, -0.05) is 12.1 Å². The molecule has 1 aliphatic rings. The first-order chi connectivity index (χ1) is 11.3. The second-order valence-corrected chi connectivity index (χ2v) is 9.57. The lowest BCUT2D eigenvalue weighted by molar-refractivity contribution is 0.239. The van der Waals surface area contributed by atoms with Crippen molar-refractivity contribution in [3.8, 4) is 11.1 Å². The van der Waals surface area contributed by atoms with E-state index in [1.165, 1.54) is 6.07 Å². The Kier molecular flexibility index (Phi) is 4.44. The molecule has 4 nitrogen and oxygen atoms in total. The van der Waals surface area contributed by atoms with Crippen LogP contribution in [0.2, 0.25) is 0 Å². The summed E-state index contributed by atoms with van der Waals surface area (Å²) >= 11 is 0. The molecule has 0 N–H and O–H groups in total. The number of hydrogen-bond donors (Lipinski definition) is 0. The van der Waals surface area contributed by atoms with Gasteiger partial charge in [-0.25, -0.2) is 12.8 Å². The van der Waals surface area contributed by atoms with Gasteiger partial charge < -0.3 is 0 Å². The Balaban J connectivity index is 1.77. The number of halogens is 1. The van der Waals surface area contributed by atoms with Gasteiger partial charge in [0.1, 0.15) is 5.82 Å². The van der Waals surface area contributed by atoms with Crippen LogP contribution in [0.25, 0.3) is 11.1 Å². The fourth-order valence-corrected chi connectivity index (χ4v) is 4.45. The third-order valence-corrected chi connectivity index (χ3v) is 7.12. The average Bonchev–Trinajstić information content (AvgIpc) is 2.54. The molecule has 0 atom stereocenters. The Morgan fingerprint density at radius 3 is 2.50 bits per heavy atom. The van der Waals surface area contributed by atoms with E-state index in [2.05, 4.69) is 4.98 Å². The minimum absolute atomic E-state index is 0.122. The molecule has 1 aromatic carbocycles. The molecule has 0 radical (unpaired) electrons. The standard InChI is InChI=1S/C18H21FN2O2S/c1-18(2)13-21(9-10-24(18,22)23)12-16-4-3-15(11-17(16)19)14-5-7-20-8-6-14/h3-8,11H,9-10,12-13H2,1-2H3. The van der Waals surface area contributed by atoms with Crippen LogP contribution >= 0.6 is 0 Å². The fraction of sp³-hybridized carbons (Fsp3) is 0.389. The molecule has 2 aromatic rings. The van der Waals surface area contributed by atoms with Gasteiger partial charge in [0.15, 0.2) is 9.84 Å². The van der Waals surface area contributed by atoms with E-state index in [0.29, 0.717) is 25.2 Å². The van der Waals surface area contributed by atoms with Gasteiger partial charge in [-0.2, -0.15) is 0 Å². The number of sulfone groups is 1. The summed E-state index contributed by atoms with van der Waals surface area (Å²) < 4.78 is 37.8. The monoisotopic (exact) mass is 348 g/mol. The Bertz CT molecular complexity index is 835. The number of aromatic nitrogens is 1. The van der Waals surface area contributed by atoms with Crippen LogP contribution in [0.3, 0.4) is 0 Å². The van der Waals surface area contributed by atoms with Crippen molar-refractivity contribution in [2.45, 2.75) is 25.1 Å². The highest BCUT2D eigenvalue weighted by molar-refractivity contribution is 7.92. The molecule has 2 heterocycles. The second kappa shape index (κ2) is 6.26. The van der Waals surface area contributed by atoms with E-state index in [1.807, 2.05) is 23.1 Å². The molecule has 1 aliphatic heterocycles. The maximum Gasteiger partial charge on any atom is 0.157 e. The van der Waals surface area contributed by atoms with Gasteiger partial charge in [-0.05, 0) is 43.2 Å². The fourth-order valence-electron chi connectivity index (χ4n) is 3.02. The zero-order chi connectivity index (χ0) is 17.4. The van der Waals surface area contributed by atoms with Crippen LogP contribution in [-0.2, 0) is 16.4 Å². The van der Waals surface area contributed by atoms with Crippen LogP contribution in [0.1, 0.15) is 19.4 Å². The van der Waals surface area contributed by atoms with E-state index in [9.17, 15) is 12.8 Å². The maximum absolute atomic E-state index is 14.5. The van der Waals surface area contributed by atoms with Gasteiger partial charge >= 0.3 is 0 Å². The predicted octanol–water partition coefficient (Wildman–Crippen LogP) is 2.90. The second-order valence-electron chi connectivity index (χ2n) is 6.83. The zero-order valence-electron chi connectivity index (χ0n) is 13.9. The van der Waals surface area contributed by atoms with E-state index in [0.717, 1.165) is 11.1 Å². The quantitative estimate of drug-likeness (QED) is 0.856. The summed E-state index contributed by atoms with van der Waals surface area (Å²) in [7, 11) is -3.08. The molecule has 24 heavy (non-hydrogen) atoms. The minimum atomic E-state index is -3.08. The Hall–Kier alpha value is -1.79. The highest BCUT2D eigenvalue weighted by Crippen LogP contribution is 2.26. The average molecular weight is 348 g/mol. The third-order valence-electron chi connectivity index (χ3n) is 4.58. The van der Waals surface area contributed by atoms with Crippen molar-refractivity contribution in [1.82, 2.24) is 9.88 Å². The van der Waals surface area contributed by atoms with Crippen LogP contribution < -0.4 is 0 Å². The lowest BCUT2D eigenvalue weighted by atomic mass is 10.0. The predicted molar refractivity (Wildman–Crippen MR) is 92.8 cm³/mol. The highest BCUT2D eigenvalue weighted by Gasteiger charge is 2.39. The Morgan fingerprint density at radius 2 is 1.88 bits per heavy atom. The molecule has 0 saturated carbocycles. The first-order valence-corrected chi connectivity index (χ1v) is 9.57. The first kappa shape index (κ1) is 17.0. The summed E-state index contributed by atoms with van der Waals surface area (Å²) in [6.07, 6.45) is 3.36. The smallest absolute Gasteiger partial charge is 0.157 e. The molecule has 1 saturated heterocycles. The van der Waals surface area contributed by atoms with Crippen molar-refractivity contribution in [2.75, 3.05) is 18.8 Å². The van der Waals surface area contributed by atoms with Crippen LogP contribution in [0.5, 0.6) is 0 Å². The number of rotatable bonds is 3. The normalized spacial score (nSPS) is 20.0. The van der Waals surface area contributed by atoms with Gasteiger partial charge in [-0.3, -0.25) is 9.88 Å². The summed E-state index contributed by atoms with van der Waals surface area (Å²) in [4.78, 5) is 5.97. The zero-order valence-corrected chi connectivity index (χ0v) is 14.7. The number of pyridine rings is 1. The number of hydrogen-bond acceptors (Lipinski definition) is 4. The molecule has 1 fully saturated rings. The molecule has 0 bridgehead atoms. The van der Waals surface area contributed by atoms with Crippen LogP contribution in [0.15, 0.2) is 42.7 Å².